The quantitative estimate of drug-likeness (QED) is 0.387. The Bertz CT molecular complexity index is 1160. The van der Waals surface area contributed by atoms with Crippen LogP contribution in [0, 0.1) is 17.2 Å². The van der Waals surface area contributed by atoms with Gasteiger partial charge >= 0.3 is 5.97 Å². The molecular formula is C24H22BrN3O5S. The van der Waals surface area contributed by atoms with Crippen molar-refractivity contribution < 1.29 is 23.9 Å². The lowest BCUT2D eigenvalue weighted by molar-refractivity contribution is -0.150. The highest BCUT2D eigenvalue weighted by Crippen LogP contribution is 2.40. The molecule has 0 aromatic heterocycles. The van der Waals surface area contributed by atoms with E-state index >= 15 is 0 Å². The SMILES string of the molecule is COC(=O)[C@H]1C(=O)NC(SCC(=O)NCc2ccc(OC)cc2)=C(C#N)[C@H]1c1cccc(Br)c1. The van der Waals surface area contributed by atoms with Crippen molar-refractivity contribution >= 4 is 45.5 Å². The zero-order valence-corrected chi connectivity index (χ0v) is 20.9. The minimum Gasteiger partial charge on any atom is -0.497 e. The third-order valence-electron chi connectivity index (χ3n) is 5.19. The Labute approximate surface area is 209 Å². The molecule has 176 valence electrons. The third-order valence-corrected chi connectivity index (χ3v) is 6.70. The summed E-state index contributed by atoms with van der Waals surface area (Å²) < 4.78 is 10.7. The zero-order valence-electron chi connectivity index (χ0n) is 18.5. The summed E-state index contributed by atoms with van der Waals surface area (Å²) in [6.45, 7) is 0.324. The molecule has 2 atom stereocenters. The van der Waals surface area contributed by atoms with Crippen LogP contribution in [0.1, 0.15) is 17.0 Å². The van der Waals surface area contributed by atoms with Crippen molar-refractivity contribution in [3.8, 4) is 11.8 Å². The van der Waals surface area contributed by atoms with E-state index in [1.54, 1.807) is 43.5 Å². The van der Waals surface area contributed by atoms with E-state index in [0.717, 1.165) is 27.5 Å². The van der Waals surface area contributed by atoms with E-state index in [1.807, 2.05) is 12.1 Å². The zero-order chi connectivity index (χ0) is 24.7. The molecule has 1 heterocycles. The molecule has 3 rings (SSSR count). The molecular weight excluding hydrogens is 522 g/mol. The molecule has 0 aliphatic carbocycles. The van der Waals surface area contributed by atoms with Gasteiger partial charge in [-0.3, -0.25) is 14.4 Å². The summed E-state index contributed by atoms with van der Waals surface area (Å²) >= 11 is 4.42. The summed E-state index contributed by atoms with van der Waals surface area (Å²) in [5.41, 5.74) is 1.71. The monoisotopic (exact) mass is 543 g/mol. The fourth-order valence-electron chi connectivity index (χ4n) is 3.51. The lowest BCUT2D eigenvalue weighted by Gasteiger charge is -2.31. The molecule has 1 aliphatic heterocycles. The van der Waals surface area contributed by atoms with Gasteiger partial charge < -0.3 is 20.1 Å². The number of amides is 2. The number of benzene rings is 2. The van der Waals surface area contributed by atoms with E-state index in [2.05, 4.69) is 32.6 Å². The number of hydrogen-bond donors (Lipinski definition) is 2. The minimum atomic E-state index is -1.22. The van der Waals surface area contributed by atoms with Gasteiger partial charge in [-0.05, 0) is 35.4 Å². The van der Waals surface area contributed by atoms with Crippen LogP contribution in [-0.4, -0.2) is 37.8 Å². The van der Waals surface area contributed by atoms with Gasteiger partial charge in [0.2, 0.25) is 11.8 Å². The minimum absolute atomic E-state index is 0.0228. The van der Waals surface area contributed by atoms with Gasteiger partial charge in [-0.25, -0.2) is 0 Å². The van der Waals surface area contributed by atoms with Crippen molar-refractivity contribution in [3.63, 3.8) is 0 Å². The van der Waals surface area contributed by atoms with E-state index in [9.17, 15) is 19.6 Å². The Morgan fingerprint density at radius 2 is 1.94 bits per heavy atom. The second kappa shape index (κ2) is 11.7. The maximum atomic E-state index is 12.9. The van der Waals surface area contributed by atoms with Gasteiger partial charge in [0.15, 0.2) is 0 Å². The summed E-state index contributed by atoms with van der Waals surface area (Å²) in [6.07, 6.45) is 0. The van der Waals surface area contributed by atoms with E-state index in [0.29, 0.717) is 12.1 Å². The molecule has 8 nitrogen and oxygen atoms in total. The Kier molecular flexibility index (Phi) is 8.73. The number of methoxy groups -OCH3 is 2. The van der Waals surface area contributed by atoms with Gasteiger partial charge in [-0.15, -0.1) is 0 Å². The Morgan fingerprint density at radius 3 is 2.56 bits per heavy atom. The molecule has 0 radical (unpaired) electrons. The fourth-order valence-corrected chi connectivity index (χ4v) is 4.81. The topological polar surface area (TPSA) is 118 Å². The highest BCUT2D eigenvalue weighted by Gasteiger charge is 2.44. The number of rotatable bonds is 8. The van der Waals surface area contributed by atoms with Crippen LogP contribution >= 0.6 is 27.7 Å². The van der Waals surface area contributed by atoms with E-state index in [1.165, 1.54) is 7.11 Å². The fraction of sp³-hybridized carbons (Fsp3) is 0.250. The highest BCUT2D eigenvalue weighted by atomic mass is 79.9. The van der Waals surface area contributed by atoms with Crippen LogP contribution in [0.2, 0.25) is 0 Å². The summed E-state index contributed by atoms with van der Waals surface area (Å²) in [6, 6.07) is 16.5. The number of nitriles is 1. The van der Waals surface area contributed by atoms with Gasteiger partial charge in [0.05, 0.1) is 36.6 Å². The van der Waals surface area contributed by atoms with Crippen LogP contribution in [0.4, 0.5) is 0 Å². The second-order valence-electron chi connectivity index (χ2n) is 7.29. The Hall–Kier alpha value is -3.29. The predicted molar refractivity (Wildman–Crippen MR) is 130 cm³/mol. The lowest BCUT2D eigenvalue weighted by atomic mass is 9.78. The van der Waals surface area contributed by atoms with Crippen LogP contribution in [0.5, 0.6) is 5.75 Å². The van der Waals surface area contributed by atoms with Crippen LogP contribution in [0.25, 0.3) is 0 Å². The van der Waals surface area contributed by atoms with Crippen molar-refractivity contribution in [1.29, 1.82) is 5.26 Å². The standard InChI is InChI=1S/C24H22BrN3O5S/c1-32-17-8-6-14(7-9-17)12-27-19(29)13-34-23-18(11-26)20(15-4-3-5-16(25)10-15)21(22(30)28-23)24(31)33-2/h3-10,20-21H,12-13H2,1-2H3,(H,27,29)(H,28,30)/t20-,21-/m1/s1. The molecule has 1 aliphatic rings. The van der Waals surface area contributed by atoms with Crippen molar-refractivity contribution in [2.24, 2.45) is 5.92 Å². The van der Waals surface area contributed by atoms with Gasteiger partial charge in [0.25, 0.3) is 0 Å². The number of esters is 1. The maximum Gasteiger partial charge on any atom is 0.319 e. The first-order valence-corrected chi connectivity index (χ1v) is 12.0. The second-order valence-corrected chi connectivity index (χ2v) is 9.19. The van der Waals surface area contributed by atoms with Crippen LogP contribution in [0.3, 0.4) is 0 Å². The number of ether oxygens (including phenoxy) is 2. The van der Waals surface area contributed by atoms with Crippen molar-refractivity contribution in [2.45, 2.75) is 12.5 Å². The number of nitrogens with zero attached hydrogens (tertiary/aromatic N) is 1. The van der Waals surface area contributed by atoms with E-state index < -0.39 is 23.7 Å². The van der Waals surface area contributed by atoms with Gasteiger partial charge in [-0.2, -0.15) is 5.26 Å². The molecule has 2 aromatic carbocycles. The van der Waals surface area contributed by atoms with E-state index in [4.69, 9.17) is 9.47 Å². The molecule has 2 N–H and O–H groups in total. The van der Waals surface area contributed by atoms with E-state index in [-0.39, 0.29) is 22.3 Å². The summed E-state index contributed by atoms with van der Waals surface area (Å²) in [5, 5.41) is 15.6. The lowest BCUT2D eigenvalue weighted by Crippen LogP contribution is -2.44. The molecule has 0 saturated heterocycles. The molecule has 0 bridgehead atoms. The molecule has 0 fully saturated rings. The Morgan fingerprint density at radius 1 is 1.21 bits per heavy atom. The molecule has 2 aromatic rings. The van der Waals surface area contributed by atoms with Crippen molar-refractivity contribution in [1.82, 2.24) is 10.6 Å². The number of hydrogen-bond acceptors (Lipinski definition) is 7. The first kappa shape index (κ1) is 25.3. The smallest absolute Gasteiger partial charge is 0.319 e. The normalized spacial score (nSPS) is 17.4. The number of thioether (sulfide) groups is 1. The number of carbonyl (C=O) groups is 3. The van der Waals surface area contributed by atoms with Gasteiger partial charge in [0, 0.05) is 16.9 Å². The van der Waals surface area contributed by atoms with Crippen molar-refractivity contribution in [2.75, 3.05) is 20.0 Å². The maximum absolute atomic E-state index is 12.9. The van der Waals surface area contributed by atoms with Crippen LogP contribution in [0.15, 0.2) is 63.6 Å². The highest BCUT2D eigenvalue weighted by molar-refractivity contribution is 9.10. The van der Waals surface area contributed by atoms with Gasteiger partial charge in [0.1, 0.15) is 11.7 Å². The number of carbonyl (C=O) groups excluding carboxylic acids is 3. The first-order chi connectivity index (χ1) is 16.4. The number of nitrogens with one attached hydrogen (secondary N) is 2. The summed E-state index contributed by atoms with van der Waals surface area (Å²) in [4.78, 5) is 37.7. The molecule has 0 spiro atoms. The summed E-state index contributed by atoms with van der Waals surface area (Å²) in [7, 11) is 2.78. The summed E-state index contributed by atoms with van der Waals surface area (Å²) in [5.74, 6) is -2.96. The van der Waals surface area contributed by atoms with Gasteiger partial charge in [-0.1, -0.05) is 52.0 Å². The average Bonchev–Trinajstić information content (AvgIpc) is 2.85. The largest absolute Gasteiger partial charge is 0.497 e. The third kappa shape index (κ3) is 5.98. The Balaban J connectivity index is 1.78. The van der Waals surface area contributed by atoms with Crippen molar-refractivity contribution in [3.05, 3.63) is 74.7 Å². The molecule has 10 heteroatoms. The molecule has 0 saturated carbocycles. The number of allylic oxidation sites excluding steroid dienone is 1. The van der Waals surface area contributed by atoms with Crippen LogP contribution < -0.4 is 15.4 Å². The molecule has 0 unspecified atom stereocenters. The predicted octanol–water partition coefficient (Wildman–Crippen LogP) is 3.25. The molecule has 2 amide bonds. The average molecular weight is 544 g/mol. The number of halogens is 1. The van der Waals surface area contributed by atoms with Crippen LogP contribution in [-0.2, 0) is 25.7 Å². The molecule has 34 heavy (non-hydrogen) atoms. The first-order valence-electron chi connectivity index (χ1n) is 10.2.